The molecule has 19 heavy (non-hydrogen) atoms. The van der Waals surface area contributed by atoms with Crippen molar-refractivity contribution in [2.24, 2.45) is 0 Å². The van der Waals surface area contributed by atoms with E-state index in [4.69, 9.17) is 5.73 Å². The highest BCUT2D eigenvalue weighted by Crippen LogP contribution is 2.27. The van der Waals surface area contributed by atoms with Crippen molar-refractivity contribution in [1.82, 2.24) is 9.97 Å². The van der Waals surface area contributed by atoms with Crippen LogP contribution in [0.1, 0.15) is 12.0 Å². The quantitative estimate of drug-likeness (QED) is 0.759. The molecule has 0 atom stereocenters. The number of carbonyl (C=O) groups is 1. The van der Waals surface area contributed by atoms with Crippen LogP contribution in [-0.4, -0.2) is 15.9 Å². The summed E-state index contributed by atoms with van der Waals surface area (Å²) in [6, 6.07) is 7.50. The number of anilines is 4. The minimum atomic E-state index is 0.0518. The zero-order valence-corrected chi connectivity index (χ0v) is 10.2. The average molecular weight is 255 g/mol. The van der Waals surface area contributed by atoms with Gasteiger partial charge in [0, 0.05) is 23.9 Å². The normalized spacial score (nSPS) is 13.6. The molecule has 0 bridgehead atoms. The highest BCUT2D eigenvalue weighted by Gasteiger charge is 2.14. The lowest BCUT2D eigenvalue weighted by molar-refractivity contribution is -0.116. The standard InChI is InChI=1S/C13H13N5O/c14-11-6-12(16-7-15-11)17-9-3-1-8-2-4-13(19)18-10(8)5-9/h1,3,5-7H,2,4H2,(H,18,19)(H3,14,15,16,17). The Bertz CT molecular complexity index is 641. The first-order chi connectivity index (χ1) is 9.20. The topological polar surface area (TPSA) is 92.9 Å². The van der Waals surface area contributed by atoms with Crippen LogP contribution in [0.25, 0.3) is 0 Å². The van der Waals surface area contributed by atoms with Crippen LogP contribution in [0.15, 0.2) is 30.6 Å². The van der Waals surface area contributed by atoms with Gasteiger partial charge in [0.25, 0.3) is 0 Å². The summed E-state index contributed by atoms with van der Waals surface area (Å²) < 4.78 is 0. The van der Waals surface area contributed by atoms with Gasteiger partial charge >= 0.3 is 0 Å². The largest absolute Gasteiger partial charge is 0.384 e. The maximum absolute atomic E-state index is 11.4. The Morgan fingerprint density at radius 1 is 1.21 bits per heavy atom. The maximum Gasteiger partial charge on any atom is 0.224 e. The van der Waals surface area contributed by atoms with Gasteiger partial charge in [-0.2, -0.15) is 0 Å². The Morgan fingerprint density at radius 3 is 2.95 bits per heavy atom. The van der Waals surface area contributed by atoms with E-state index in [1.807, 2.05) is 18.2 Å². The number of amides is 1. The molecule has 2 heterocycles. The Morgan fingerprint density at radius 2 is 2.11 bits per heavy atom. The van der Waals surface area contributed by atoms with Crippen LogP contribution in [0.2, 0.25) is 0 Å². The van der Waals surface area contributed by atoms with E-state index in [0.29, 0.717) is 18.1 Å². The third-order valence-electron chi connectivity index (χ3n) is 2.97. The minimum absolute atomic E-state index is 0.0518. The fourth-order valence-electron chi connectivity index (χ4n) is 2.04. The molecule has 3 rings (SSSR count). The van der Waals surface area contributed by atoms with Gasteiger partial charge in [-0.05, 0) is 24.1 Å². The Labute approximate surface area is 110 Å². The molecular weight excluding hydrogens is 242 g/mol. The second-order valence-corrected chi connectivity index (χ2v) is 4.37. The van der Waals surface area contributed by atoms with Crippen molar-refractivity contribution in [3.63, 3.8) is 0 Å². The summed E-state index contributed by atoms with van der Waals surface area (Å²) in [4.78, 5) is 19.3. The van der Waals surface area contributed by atoms with Crippen LogP contribution < -0.4 is 16.4 Å². The highest BCUT2D eigenvalue weighted by molar-refractivity contribution is 5.94. The van der Waals surface area contributed by atoms with E-state index in [0.717, 1.165) is 23.4 Å². The molecule has 0 spiro atoms. The summed E-state index contributed by atoms with van der Waals surface area (Å²) in [5, 5.41) is 5.99. The first-order valence-electron chi connectivity index (χ1n) is 5.98. The molecule has 4 N–H and O–H groups in total. The second kappa shape index (κ2) is 4.56. The number of nitrogens with one attached hydrogen (secondary N) is 2. The van der Waals surface area contributed by atoms with E-state index in [9.17, 15) is 4.79 Å². The number of rotatable bonds is 2. The lowest BCUT2D eigenvalue weighted by Gasteiger charge is -2.17. The van der Waals surface area contributed by atoms with Crippen LogP contribution >= 0.6 is 0 Å². The Balaban J connectivity index is 1.86. The SMILES string of the molecule is Nc1cc(Nc2ccc3c(c2)NC(=O)CC3)ncn1. The maximum atomic E-state index is 11.4. The molecule has 0 fully saturated rings. The van der Waals surface area contributed by atoms with E-state index >= 15 is 0 Å². The van der Waals surface area contributed by atoms with Crippen LogP contribution in [0.5, 0.6) is 0 Å². The van der Waals surface area contributed by atoms with Crippen LogP contribution in [-0.2, 0) is 11.2 Å². The average Bonchev–Trinajstić information content (AvgIpc) is 2.38. The summed E-state index contributed by atoms with van der Waals surface area (Å²) in [6.45, 7) is 0. The number of aromatic nitrogens is 2. The molecular formula is C13H13N5O. The van der Waals surface area contributed by atoms with Crippen molar-refractivity contribution in [2.45, 2.75) is 12.8 Å². The second-order valence-electron chi connectivity index (χ2n) is 4.37. The predicted molar refractivity (Wildman–Crippen MR) is 73.1 cm³/mol. The number of hydrogen-bond acceptors (Lipinski definition) is 5. The van der Waals surface area contributed by atoms with Crippen LogP contribution in [0.4, 0.5) is 23.0 Å². The third kappa shape index (κ3) is 2.47. The van der Waals surface area contributed by atoms with Crippen molar-refractivity contribution in [1.29, 1.82) is 0 Å². The summed E-state index contributed by atoms with van der Waals surface area (Å²) in [7, 11) is 0. The van der Waals surface area contributed by atoms with Gasteiger partial charge in [0.05, 0.1) is 0 Å². The van der Waals surface area contributed by atoms with E-state index in [1.54, 1.807) is 6.07 Å². The van der Waals surface area contributed by atoms with Crippen molar-refractivity contribution in [2.75, 3.05) is 16.4 Å². The Hall–Kier alpha value is -2.63. The van der Waals surface area contributed by atoms with Gasteiger partial charge in [0.2, 0.25) is 5.91 Å². The van der Waals surface area contributed by atoms with E-state index in [-0.39, 0.29) is 5.91 Å². The zero-order valence-electron chi connectivity index (χ0n) is 10.2. The molecule has 0 unspecified atom stereocenters. The van der Waals surface area contributed by atoms with Crippen molar-refractivity contribution >= 4 is 28.9 Å². The molecule has 0 radical (unpaired) electrons. The molecule has 6 heteroatoms. The minimum Gasteiger partial charge on any atom is -0.384 e. The van der Waals surface area contributed by atoms with Gasteiger partial charge in [0.15, 0.2) is 0 Å². The summed E-state index contributed by atoms with van der Waals surface area (Å²) in [5.74, 6) is 1.08. The number of hydrogen-bond donors (Lipinski definition) is 3. The fourth-order valence-corrected chi connectivity index (χ4v) is 2.04. The van der Waals surface area contributed by atoms with Gasteiger partial charge in [-0.15, -0.1) is 0 Å². The van der Waals surface area contributed by atoms with E-state index < -0.39 is 0 Å². The molecule has 1 aromatic carbocycles. The number of nitrogen functional groups attached to an aromatic ring is 1. The molecule has 0 aliphatic carbocycles. The number of benzene rings is 1. The van der Waals surface area contributed by atoms with Crippen molar-refractivity contribution in [3.05, 3.63) is 36.2 Å². The molecule has 1 amide bonds. The number of nitrogens with two attached hydrogens (primary N) is 1. The first-order valence-corrected chi connectivity index (χ1v) is 5.98. The lowest BCUT2D eigenvalue weighted by atomic mass is 10.0. The van der Waals surface area contributed by atoms with E-state index in [2.05, 4.69) is 20.6 Å². The molecule has 6 nitrogen and oxygen atoms in total. The first kappa shape index (κ1) is 11.5. The lowest BCUT2D eigenvalue weighted by Crippen LogP contribution is -2.18. The van der Waals surface area contributed by atoms with Crippen LogP contribution in [0, 0.1) is 0 Å². The van der Waals surface area contributed by atoms with Crippen LogP contribution in [0.3, 0.4) is 0 Å². The predicted octanol–water partition coefficient (Wildman–Crippen LogP) is 1.69. The molecule has 1 aliphatic heterocycles. The van der Waals surface area contributed by atoms with Gasteiger partial charge in [0.1, 0.15) is 18.0 Å². The fraction of sp³-hybridized carbons (Fsp3) is 0.154. The number of carbonyl (C=O) groups excluding carboxylic acids is 1. The molecule has 0 saturated carbocycles. The summed E-state index contributed by atoms with van der Waals surface area (Å²) >= 11 is 0. The summed E-state index contributed by atoms with van der Waals surface area (Å²) in [5.41, 5.74) is 8.44. The monoisotopic (exact) mass is 255 g/mol. The number of aryl methyl sites for hydroxylation is 1. The zero-order chi connectivity index (χ0) is 13.2. The van der Waals surface area contributed by atoms with Crippen molar-refractivity contribution in [3.8, 4) is 0 Å². The third-order valence-corrected chi connectivity index (χ3v) is 2.97. The van der Waals surface area contributed by atoms with Gasteiger partial charge in [-0.25, -0.2) is 9.97 Å². The highest BCUT2D eigenvalue weighted by atomic mass is 16.1. The van der Waals surface area contributed by atoms with Gasteiger partial charge in [-0.1, -0.05) is 6.07 Å². The molecule has 96 valence electrons. The van der Waals surface area contributed by atoms with E-state index in [1.165, 1.54) is 6.33 Å². The number of nitrogens with zero attached hydrogens (tertiary/aromatic N) is 2. The Kier molecular flexibility index (Phi) is 2.75. The molecule has 0 saturated heterocycles. The molecule has 1 aromatic heterocycles. The van der Waals surface area contributed by atoms with Gasteiger partial charge in [-0.3, -0.25) is 4.79 Å². The molecule has 1 aliphatic rings. The van der Waals surface area contributed by atoms with Crippen molar-refractivity contribution < 1.29 is 4.79 Å². The number of fused-ring (bicyclic) bond motifs is 1. The smallest absolute Gasteiger partial charge is 0.224 e. The molecule has 2 aromatic rings. The summed E-state index contributed by atoms with van der Waals surface area (Å²) in [6.07, 6.45) is 2.72. The van der Waals surface area contributed by atoms with Gasteiger partial charge < -0.3 is 16.4 Å².